The van der Waals surface area contributed by atoms with Crippen molar-refractivity contribution in [3.05, 3.63) is 32.7 Å². The second kappa shape index (κ2) is 2.77. The highest BCUT2D eigenvalue weighted by atomic mass is 35.5. The summed E-state index contributed by atoms with van der Waals surface area (Å²) in [6.45, 7) is 1.64. The van der Waals surface area contributed by atoms with Gasteiger partial charge < -0.3 is 4.98 Å². The number of hydrogen-bond acceptors (Lipinski definition) is 2. The lowest BCUT2D eigenvalue weighted by atomic mass is 10.2. The molecule has 0 saturated carbocycles. The molecule has 1 aromatic heterocycles. The van der Waals surface area contributed by atoms with Gasteiger partial charge >= 0.3 is 0 Å². The molecule has 0 aromatic carbocycles. The first-order valence-electron chi connectivity index (χ1n) is 2.94. The molecule has 56 valence electrons. The number of nitrogens with zero attached hydrogens (tertiary/aromatic N) is 1. The topological polar surface area (TPSA) is 56.6 Å². The summed E-state index contributed by atoms with van der Waals surface area (Å²) in [6.07, 6.45) is 0. The Labute approximate surface area is 68.2 Å². The van der Waals surface area contributed by atoms with Gasteiger partial charge in [0.25, 0.3) is 0 Å². The maximum Gasteiger partial charge on any atom is 0.249 e. The van der Waals surface area contributed by atoms with E-state index in [0.29, 0.717) is 10.7 Å². The van der Waals surface area contributed by atoms with Gasteiger partial charge in [0.15, 0.2) is 0 Å². The van der Waals surface area contributed by atoms with Crippen molar-refractivity contribution in [1.82, 2.24) is 4.98 Å². The molecule has 0 saturated heterocycles. The van der Waals surface area contributed by atoms with Gasteiger partial charge in [-0.25, -0.2) is 0 Å². The molecule has 0 bridgehead atoms. The molecule has 0 aliphatic rings. The molecule has 1 rings (SSSR count). The third kappa shape index (κ3) is 1.41. The Kier molecular flexibility index (Phi) is 1.97. The van der Waals surface area contributed by atoms with Gasteiger partial charge in [-0.15, -0.1) is 0 Å². The van der Waals surface area contributed by atoms with Crippen molar-refractivity contribution in [1.29, 1.82) is 5.26 Å². The molecule has 0 amide bonds. The van der Waals surface area contributed by atoms with Crippen LogP contribution in [0.4, 0.5) is 0 Å². The van der Waals surface area contributed by atoms with Gasteiger partial charge in [0.05, 0.1) is 10.6 Å². The fourth-order valence-corrected chi connectivity index (χ4v) is 0.898. The Hall–Kier alpha value is -1.27. The predicted octanol–water partition coefficient (Wildman–Crippen LogP) is 1.21. The molecular formula is C7H5ClN2O. The molecule has 0 spiro atoms. The molecule has 11 heavy (non-hydrogen) atoms. The Morgan fingerprint density at radius 3 is 2.91 bits per heavy atom. The van der Waals surface area contributed by atoms with Gasteiger partial charge in [0.1, 0.15) is 6.07 Å². The Morgan fingerprint density at radius 2 is 2.36 bits per heavy atom. The van der Waals surface area contributed by atoms with Crippen LogP contribution < -0.4 is 5.56 Å². The first-order chi connectivity index (χ1) is 5.15. The van der Waals surface area contributed by atoms with E-state index in [9.17, 15) is 4.79 Å². The Bertz CT molecular complexity index is 375. The number of nitriles is 1. The monoisotopic (exact) mass is 168 g/mol. The third-order valence-electron chi connectivity index (χ3n) is 1.27. The number of halogens is 1. The summed E-state index contributed by atoms with van der Waals surface area (Å²) in [5.74, 6) is 0. The maximum absolute atomic E-state index is 10.8. The Balaban J connectivity index is 3.52. The van der Waals surface area contributed by atoms with Crippen LogP contribution >= 0.6 is 11.6 Å². The maximum atomic E-state index is 10.8. The van der Waals surface area contributed by atoms with E-state index in [-0.39, 0.29) is 11.1 Å². The summed E-state index contributed by atoms with van der Waals surface area (Å²) in [4.78, 5) is 13.2. The van der Waals surface area contributed by atoms with E-state index in [4.69, 9.17) is 16.9 Å². The van der Waals surface area contributed by atoms with E-state index in [1.54, 1.807) is 6.92 Å². The van der Waals surface area contributed by atoms with Crippen molar-refractivity contribution in [2.75, 3.05) is 0 Å². The summed E-state index contributed by atoms with van der Waals surface area (Å²) in [7, 11) is 0. The van der Waals surface area contributed by atoms with Crippen molar-refractivity contribution in [2.45, 2.75) is 6.92 Å². The largest absolute Gasteiger partial charge is 0.325 e. The molecule has 0 unspecified atom stereocenters. The molecule has 0 atom stereocenters. The molecule has 0 radical (unpaired) electrons. The fourth-order valence-electron chi connectivity index (χ4n) is 0.754. The zero-order chi connectivity index (χ0) is 8.43. The van der Waals surface area contributed by atoms with Crippen LogP contribution in [-0.2, 0) is 0 Å². The smallest absolute Gasteiger partial charge is 0.249 e. The van der Waals surface area contributed by atoms with E-state index < -0.39 is 0 Å². The molecule has 1 aromatic rings. The summed E-state index contributed by atoms with van der Waals surface area (Å²) in [6, 6.07) is 3.00. The van der Waals surface area contributed by atoms with Gasteiger partial charge in [-0.1, -0.05) is 11.6 Å². The van der Waals surface area contributed by atoms with E-state index in [0.717, 1.165) is 0 Å². The number of rotatable bonds is 0. The van der Waals surface area contributed by atoms with Gasteiger partial charge in [0.2, 0.25) is 5.56 Å². The molecule has 3 nitrogen and oxygen atoms in total. The lowest BCUT2D eigenvalue weighted by Crippen LogP contribution is -2.07. The van der Waals surface area contributed by atoms with Crippen LogP contribution in [0.2, 0.25) is 5.02 Å². The first kappa shape index (κ1) is 7.83. The number of hydrogen-bond donors (Lipinski definition) is 1. The van der Waals surface area contributed by atoms with Gasteiger partial charge in [-0.05, 0) is 6.92 Å². The second-order valence-corrected chi connectivity index (χ2v) is 2.48. The van der Waals surface area contributed by atoms with Crippen molar-refractivity contribution in [3.63, 3.8) is 0 Å². The minimum Gasteiger partial charge on any atom is -0.325 e. The van der Waals surface area contributed by atoms with Crippen molar-refractivity contribution >= 4 is 11.6 Å². The molecule has 4 heteroatoms. The standard InChI is InChI=1S/C7H5ClN2O/c1-4-7(8)5(3-9)2-6(11)10-4/h2H,1H3,(H,10,11). The van der Waals surface area contributed by atoms with Gasteiger partial charge in [-0.3, -0.25) is 4.79 Å². The van der Waals surface area contributed by atoms with Crippen LogP contribution in [0.1, 0.15) is 11.3 Å². The SMILES string of the molecule is Cc1[nH]c(=O)cc(C#N)c1Cl. The Morgan fingerprint density at radius 1 is 1.73 bits per heavy atom. The van der Waals surface area contributed by atoms with E-state index in [2.05, 4.69) is 4.98 Å². The van der Waals surface area contributed by atoms with E-state index in [1.807, 2.05) is 6.07 Å². The minimum absolute atomic E-state index is 0.216. The first-order valence-corrected chi connectivity index (χ1v) is 3.32. The number of nitrogens with one attached hydrogen (secondary N) is 1. The van der Waals surface area contributed by atoms with E-state index in [1.165, 1.54) is 6.07 Å². The third-order valence-corrected chi connectivity index (χ3v) is 1.76. The lowest BCUT2D eigenvalue weighted by molar-refractivity contribution is 1.13. The van der Waals surface area contributed by atoms with Crippen molar-refractivity contribution < 1.29 is 0 Å². The predicted molar refractivity (Wildman–Crippen MR) is 41.5 cm³/mol. The van der Waals surface area contributed by atoms with Crippen LogP contribution in [0.5, 0.6) is 0 Å². The number of aromatic nitrogens is 1. The number of pyridine rings is 1. The number of aromatic amines is 1. The zero-order valence-electron chi connectivity index (χ0n) is 5.81. The fraction of sp³-hybridized carbons (Fsp3) is 0.143. The molecule has 0 aliphatic carbocycles. The van der Waals surface area contributed by atoms with Gasteiger partial charge in [-0.2, -0.15) is 5.26 Å². The molecular weight excluding hydrogens is 164 g/mol. The molecule has 0 aliphatic heterocycles. The number of H-pyrrole nitrogens is 1. The van der Waals surface area contributed by atoms with E-state index >= 15 is 0 Å². The average Bonchev–Trinajstić information content (AvgIpc) is 1.96. The van der Waals surface area contributed by atoms with Crippen LogP contribution in [0, 0.1) is 18.3 Å². The van der Waals surface area contributed by atoms with Crippen molar-refractivity contribution in [3.8, 4) is 6.07 Å². The van der Waals surface area contributed by atoms with Crippen LogP contribution in [-0.4, -0.2) is 4.98 Å². The van der Waals surface area contributed by atoms with Crippen LogP contribution in [0.25, 0.3) is 0 Å². The average molecular weight is 169 g/mol. The molecule has 1 heterocycles. The van der Waals surface area contributed by atoms with Crippen LogP contribution in [0.15, 0.2) is 10.9 Å². The summed E-state index contributed by atoms with van der Waals surface area (Å²) in [5, 5.41) is 8.79. The number of aryl methyl sites for hydroxylation is 1. The summed E-state index contributed by atoms with van der Waals surface area (Å²) in [5.41, 5.74) is 0.437. The van der Waals surface area contributed by atoms with Gasteiger partial charge in [0, 0.05) is 11.8 Å². The second-order valence-electron chi connectivity index (χ2n) is 2.10. The van der Waals surface area contributed by atoms with Crippen molar-refractivity contribution in [2.24, 2.45) is 0 Å². The van der Waals surface area contributed by atoms with Crippen LogP contribution in [0.3, 0.4) is 0 Å². The highest BCUT2D eigenvalue weighted by Crippen LogP contribution is 2.14. The highest BCUT2D eigenvalue weighted by molar-refractivity contribution is 6.32. The summed E-state index contributed by atoms with van der Waals surface area (Å²) < 4.78 is 0. The zero-order valence-corrected chi connectivity index (χ0v) is 6.57. The molecule has 1 N–H and O–H groups in total. The quantitative estimate of drug-likeness (QED) is 0.633. The normalized spacial score (nSPS) is 9.18. The highest BCUT2D eigenvalue weighted by Gasteiger charge is 2.02. The summed E-state index contributed by atoms with van der Waals surface area (Å²) >= 11 is 5.67. The molecule has 0 fully saturated rings. The minimum atomic E-state index is -0.302. The lowest BCUT2D eigenvalue weighted by Gasteiger charge is -1.96.